The molecule has 2 heterocycles. The van der Waals surface area contributed by atoms with E-state index in [1.165, 1.54) is 11.3 Å². The molecule has 6 nitrogen and oxygen atoms in total. The summed E-state index contributed by atoms with van der Waals surface area (Å²) < 4.78 is 16.7. The van der Waals surface area contributed by atoms with Crippen LogP contribution in [0, 0.1) is 0 Å². The van der Waals surface area contributed by atoms with Crippen LogP contribution < -0.4 is 14.4 Å². The number of carbonyl (C=O) groups excluding carboxylic acids is 1. The van der Waals surface area contributed by atoms with Crippen LogP contribution in [0.25, 0.3) is 11.3 Å². The highest BCUT2D eigenvalue weighted by Crippen LogP contribution is 2.36. The van der Waals surface area contributed by atoms with E-state index in [2.05, 4.69) is 0 Å². The summed E-state index contributed by atoms with van der Waals surface area (Å²) >= 11 is 1.45. The van der Waals surface area contributed by atoms with Crippen molar-refractivity contribution in [2.24, 2.45) is 0 Å². The Labute approximate surface area is 186 Å². The summed E-state index contributed by atoms with van der Waals surface area (Å²) in [4.78, 5) is 19.8. The second-order valence-corrected chi connectivity index (χ2v) is 8.22. The van der Waals surface area contributed by atoms with Crippen LogP contribution in [0.1, 0.15) is 18.4 Å². The molecule has 31 heavy (non-hydrogen) atoms. The first-order valence-corrected chi connectivity index (χ1v) is 11.2. The molecule has 1 saturated heterocycles. The summed E-state index contributed by atoms with van der Waals surface area (Å²) in [6.45, 7) is 1.25. The lowest BCUT2D eigenvalue weighted by Crippen LogP contribution is -2.38. The van der Waals surface area contributed by atoms with Gasteiger partial charge in [0.15, 0.2) is 5.13 Å². The van der Waals surface area contributed by atoms with Gasteiger partial charge in [-0.05, 0) is 36.6 Å². The molecule has 1 aliphatic rings. The van der Waals surface area contributed by atoms with Crippen molar-refractivity contribution in [1.82, 2.24) is 4.98 Å². The van der Waals surface area contributed by atoms with Gasteiger partial charge < -0.3 is 14.2 Å². The van der Waals surface area contributed by atoms with Crippen molar-refractivity contribution in [2.45, 2.75) is 25.4 Å². The maximum atomic E-state index is 13.3. The molecule has 2 aromatic carbocycles. The second-order valence-electron chi connectivity index (χ2n) is 7.38. The molecule has 3 aromatic rings. The standard InChI is InChI=1S/C24H26N2O4S/c1-28-18-10-11-22(29-2)20(14-18)21-16-31-24(25-21)26(15-19-9-6-12-30-19)23(27)13-17-7-4-3-5-8-17/h3-5,7-8,10-11,14,16,19H,6,9,12-13,15H2,1-2H3/t19-/m1/s1. The Kier molecular flexibility index (Phi) is 6.84. The van der Waals surface area contributed by atoms with Crippen LogP contribution in [0.4, 0.5) is 5.13 Å². The molecule has 0 bridgehead atoms. The largest absolute Gasteiger partial charge is 0.497 e. The van der Waals surface area contributed by atoms with Crippen LogP contribution in [-0.2, 0) is 16.0 Å². The number of aromatic nitrogens is 1. The van der Waals surface area contributed by atoms with Gasteiger partial charge in [0, 0.05) is 17.6 Å². The minimum absolute atomic E-state index is 0.0141. The molecular weight excluding hydrogens is 412 g/mol. The van der Waals surface area contributed by atoms with Crippen molar-refractivity contribution in [3.8, 4) is 22.8 Å². The van der Waals surface area contributed by atoms with Crippen LogP contribution in [0.3, 0.4) is 0 Å². The van der Waals surface area contributed by atoms with E-state index in [0.29, 0.717) is 23.8 Å². The third kappa shape index (κ3) is 5.06. The molecule has 0 radical (unpaired) electrons. The molecule has 7 heteroatoms. The fraction of sp³-hybridized carbons (Fsp3) is 0.333. The van der Waals surface area contributed by atoms with Gasteiger partial charge in [0.2, 0.25) is 5.91 Å². The van der Waals surface area contributed by atoms with E-state index in [1.54, 1.807) is 19.1 Å². The average Bonchev–Trinajstić information content (AvgIpc) is 3.50. The smallest absolute Gasteiger partial charge is 0.233 e. The molecule has 4 rings (SSSR count). The predicted molar refractivity (Wildman–Crippen MR) is 122 cm³/mol. The maximum Gasteiger partial charge on any atom is 0.233 e. The van der Waals surface area contributed by atoms with Gasteiger partial charge in [0.05, 0.1) is 39.0 Å². The van der Waals surface area contributed by atoms with E-state index >= 15 is 0 Å². The van der Waals surface area contributed by atoms with Crippen LogP contribution in [0.2, 0.25) is 0 Å². The number of ether oxygens (including phenoxy) is 3. The van der Waals surface area contributed by atoms with Gasteiger partial charge in [-0.2, -0.15) is 0 Å². The monoisotopic (exact) mass is 438 g/mol. The predicted octanol–water partition coefficient (Wildman–Crippen LogP) is 4.58. The van der Waals surface area contributed by atoms with Crippen molar-refractivity contribution in [2.75, 3.05) is 32.3 Å². The van der Waals surface area contributed by atoms with Crippen molar-refractivity contribution < 1.29 is 19.0 Å². The van der Waals surface area contributed by atoms with E-state index in [-0.39, 0.29) is 12.0 Å². The van der Waals surface area contributed by atoms with Crippen molar-refractivity contribution in [1.29, 1.82) is 0 Å². The quantitative estimate of drug-likeness (QED) is 0.515. The number of hydrogen-bond acceptors (Lipinski definition) is 6. The summed E-state index contributed by atoms with van der Waals surface area (Å²) in [5.41, 5.74) is 2.56. The van der Waals surface area contributed by atoms with Gasteiger partial charge >= 0.3 is 0 Å². The van der Waals surface area contributed by atoms with Crippen molar-refractivity contribution >= 4 is 22.4 Å². The van der Waals surface area contributed by atoms with Gasteiger partial charge in [-0.25, -0.2) is 4.98 Å². The van der Waals surface area contributed by atoms with Gasteiger partial charge in [0.25, 0.3) is 0 Å². The highest BCUT2D eigenvalue weighted by atomic mass is 32.1. The highest BCUT2D eigenvalue weighted by molar-refractivity contribution is 7.14. The normalized spacial score (nSPS) is 15.6. The number of methoxy groups -OCH3 is 2. The molecule has 0 unspecified atom stereocenters. The van der Waals surface area contributed by atoms with Gasteiger partial charge in [-0.15, -0.1) is 11.3 Å². The third-order valence-electron chi connectivity index (χ3n) is 5.31. The molecule has 1 aromatic heterocycles. The zero-order valence-electron chi connectivity index (χ0n) is 17.7. The summed E-state index contributed by atoms with van der Waals surface area (Å²) in [6, 6.07) is 15.4. The minimum atomic E-state index is 0.0141. The van der Waals surface area contributed by atoms with Crippen molar-refractivity contribution in [3.05, 3.63) is 59.5 Å². The molecule has 0 N–H and O–H groups in total. The molecule has 0 aliphatic carbocycles. The lowest BCUT2D eigenvalue weighted by molar-refractivity contribution is -0.118. The molecule has 162 valence electrons. The van der Waals surface area contributed by atoms with Gasteiger partial charge in [-0.1, -0.05) is 30.3 Å². The lowest BCUT2D eigenvalue weighted by atomic mass is 10.1. The summed E-state index contributed by atoms with van der Waals surface area (Å²) in [7, 11) is 3.26. The topological polar surface area (TPSA) is 60.9 Å². The highest BCUT2D eigenvalue weighted by Gasteiger charge is 2.26. The molecule has 1 aliphatic heterocycles. The number of benzene rings is 2. The van der Waals surface area contributed by atoms with E-state index < -0.39 is 0 Å². The van der Waals surface area contributed by atoms with Crippen LogP contribution in [-0.4, -0.2) is 44.4 Å². The molecule has 0 spiro atoms. The first-order chi connectivity index (χ1) is 15.2. The van der Waals surface area contributed by atoms with E-state index in [9.17, 15) is 4.79 Å². The molecule has 1 amide bonds. The Bertz CT molecular complexity index is 1020. The maximum absolute atomic E-state index is 13.3. The molecule has 1 fully saturated rings. The van der Waals surface area contributed by atoms with Gasteiger partial charge in [-0.3, -0.25) is 9.69 Å². The summed E-state index contributed by atoms with van der Waals surface area (Å²) in [5.74, 6) is 1.45. The van der Waals surface area contributed by atoms with E-state index in [0.717, 1.165) is 42.0 Å². The number of nitrogens with zero attached hydrogens (tertiary/aromatic N) is 2. The Morgan fingerprint density at radius 2 is 2.03 bits per heavy atom. The van der Waals surface area contributed by atoms with Crippen LogP contribution >= 0.6 is 11.3 Å². The summed E-state index contributed by atoms with van der Waals surface area (Å²) in [6.07, 6.45) is 2.34. The van der Waals surface area contributed by atoms with E-state index in [4.69, 9.17) is 19.2 Å². The molecule has 1 atom stereocenters. The fourth-order valence-corrected chi connectivity index (χ4v) is 4.52. The second kappa shape index (κ2) is 9.94. The molecule has 0 saturated carbocycles. The third-order valence-corrected chi connectivity index (χ3v) is 6.18. The lowest BCUT2D eigenvalue weighted by Gasteiger charge is -2.23. The Morgan fingerprint density at radius 3 is 2.74 bits per heavy atom. The number of rotatable bonds is 8. The van der Waals surface area contributed by atoms with Crippen LogP contribution in [0.15, 0.2) is 53.9 Å². The fourth-order valence-electron chi connectivity index (χ4n) is 3.67. The zero-order chi connectivity index (χ0) is 21.6. The van der Waals surface area contributed by atoms with Gasteiger partial charge in [0.1, 0.15) is 11.5 Å². The SMILES string of the molecule is COc1ccc(OC)c(-c2csc(N(C[C@H]3CCCO3)C(=O)Cc3ccccc3)n2)c1. The summed E-state index contributed by atoms with van der Waals surface area (Å²) in [5, 5.41) is 2.61. The number of thiazole rings is 1. The molecular formula is C24H26N2O4S. The Balaban J connectivity index is 1.63. The number of hydrogen-bond donors (Lipinski definition) is 0. The Morgan fingerprint density at radius 1 is 1.19 bits per heavy atom. The minimum Gasteiger partial charge on any atom is -0.497 e. The number of carbonyl (C=O) groups is 1. The van der Waals surface area contributed by atoms with Crippen molar-refractivity contribution in [3.63, 3.8) is 0 Å². The average molecular weight is 439 g/mol. The number of anilines is 1. The van der Waals surface area contributed by atoms with Crippen LogP contribution in [0.5, 0.6) is 11.5 Å². The first kappa shape index (κ1) is 21.3. The zero-order valence-corrected chi connectivity index (χ0v) is 18.6. The number of amides is 1. The van der Waals surface area contributed by atoms with E-state index in [1.807, 2.05) is 53.9 Å². The Hall–Kier alpha value is -2.90. The first-order valence-electron chi connectivity index (χ1n) is 10.3.